The van der Waals surface area contributed by atoms with Crippen molar-refractivity contribution in [3.63, 3.8) is 0 Å². The average Bonchev–Trinajstić information content (AvgIpc) is 2.50. The number of nitrogens with one attached hydrogen (secondary N) is 1. The first-order valence-electron chi connectivity index (χ1n) is 7.16. The minimum absolute atomic E-state index is 0.157. The van der Waals surface area contributed by atoms with Gasteiger partial charge in [-0.05, 0) is 45.0 Å². The van der Waals surface area contributed by atoms with E-state index in [2.05, 4.69) is 10.2 Å². The van der Waals surface area contributed by atoms with Crippen molar-refractivity contribution in [2.45, 2.75) is 32.2 Å². The van der Waals surface area contributed by atoms with E-state index in [-0.39, 0.29) is 11.6 Å². The molecule has 1 N–H and O–H groups in total. The van der Waals surface area contributed by atoms with Gasteiger partial charge >= 0.3 is 0 Å². The summed E-state index contributed by atoms with van der Waals surface area (Å²) in [5, 5.41) is 2.63. The largest absolute Gasteiger partial charge is 0.350 e. The maximum Gasteiger partial charge on any atom is 0.251 e. The summed E-state index contributed by atoms with van der Waals surface area (Å²) in [6.07, 6.45) is 3.52. The molecule has 1 amide bonds. The van der Waals surface area contributed by atoms with Crippen molar-refractivity contribution < 1.29 is 18.0 Å². The van der Waals surface area contributed by atoms with Crippen LogP contribution >= 0.6 is 0 Å². The Hall–Kier alpha value is -1.56. The van der Waals surface area contributed by atoms with E-state index >= 15 is 0 Å². The topological polar surface area (TPSA) is 32.3 Å². The lowest BCUT2D eigenvalue weighted by Crippen LogP contribution is -2.44. The molecule has 0 bridgehead atoms. The third kappa shape index (κ3) is 3.97. The van der Waals surface area contributed by atoms with Crippen LogP contribution in [0.25, 0.3) is 0 Å². The van der Waals surface area contributed by atoms with Crippen LogP contribution in [-0.2, 0) is 0 Å². The van der Waals surface area contributed by atoms with Crippen molar-refractivity contribution in [3.05, 3.63) is 35.1 Å². The van der Waals surface area contributed by atoms with Crippen LogP contribution in [0.5, 0.6) is 0 Å². The Morgan fingerprint density at radius 1 is 1.19 bits per heavy atom. The molecular formula is C15H19F3N2O. The highest BCUT2D eigenvalue weighted by Crippen LogP contribution is 2.14. The fourth-order valence-electron chi connectivity index (χ4n) is 2.52. The monoisotopic (exact) mass is 300 g/mol. The van der Waals surface area contributed by atoms with Gasteiger partial charge in [0.2, 0.25) is 0 Å². The number of carbonyl (C=O) groups excluding carboxylic acids is 1. The van der Waals surface area contributed by atoms with E-state index in [1.165, 1.54) is 6.42 Å². The van der Waals surface area contributed by atoms with Gasteiger partial charge in [0.25, 0.3) is 5.91 Å². The standard InChI is InChI=1S/C15H19F3N2O/c1-10(20-5-3-2-4-6-20)9-19-15(21)11-7-12(16)14(18)13(17)8-11/h7-8,10H,2-6,9H2,1H3,(H,19,21). The van der Waals surface area contributed by atoms with Crippen LogP contribution in [0.3, 0.4) is 0 Å². The Morgan fingerprint density at radius 3 is 2.33 bits per heavy atom. The van der Waals surface area contributed by atoms with Crippen molar-refractivity contribution in [1.82, 2.24) is 10.2 Å². The first-order chi connectivity index (χ1) is 9.99. The molecule has 1 unspecified atom stereocenters. The maximum absolute atomic E-state index is 13.1. The number of hydrogen-bond acceptors (Lipinski definition) is 2. The number of piperidine rings is 1. The van der Waals surface area contributed by atoms with Gasteiger partial charge in [-0.25, -0.2) is 13.2 Å². The lowest BCUT2D eigenvalue weighted by atomic mass is 10.1. The summed E-state index contributed by atoms with van der Waals surface area (Å²) in [4.78, 5) is 14.1. The highest BCUT2D eigenvalue weighted by Gasteiger charge is 2.19. The van der Waals surface area contributed by atoms with Crippen molar-refractivity contribution in [2.75, 3.05) is 19.6 Å². The van der Waals surface area contributed by atoms with Crippen molar-refractivity contribution in [2.24, 2.45) is 0 Å². The fourth-order valence-corrected chi connectivity index (χ4v) is 2.52. The maximum atomic E-state index is 13.1. The van der Waals surface area contributed by atoms with Crippen LogP contribution in [0.4, 0.5) is 13.2 Å². The zero-order valence-corrected chi connectivity index (χ0v) is 12.0. The molecule has 1 aliphatic rings. The van der Waals surface area contributed by atoms with Crippen molar-refractivity contribution in [3.8, 4) is 0 Å². The third-order valence-corrected chi connectivity index (χ3v) is 3.82. The Labute approximate surface area is 122 Å². The molecule has 1 aliphatic heterocycles. The van der Waals surface area contributed by atoms with Crippen LogP contribution in [0.1, 0.15) is 36.5 Å². The predicted molar refractivity (Wildman–Crippen MR) is 73.5 cm³/mol. The number of likely N-dealkylation sites (tertiary alicyclic amines) is 1. The van der Waals surface area contributed by atoms with Gasteiger partial charge < -0.3 is 5.32 Å². The van der Waals surface area contributed by atoms with Gasteiger partial charge in [-0.2, -0.15) is 0 Å². The molecule has 0 spiro atoms. The Bertz CT molecular complexity index is 493. The van der Waals surface area contributed by atoms with Crippen LogP contribution < -0.4 is 5.32 Å². The Kier molecular flexibility index (Phi) is 5.22. The van der Waals surface area contributed by atoms with E-state index in [0.717, 1.165) is 25.9 Å². The van der Waals surface area contributed by atoms with E-state index in [1.54, 1.807) is 0 Å². The van der Waals surface area contributed by atoms with Crippen molar-refractivity contribution >= 4 is 5.91 Å². The minimum Gasteiger partial charge on any atom is -0.350 e. The smallest absolute Gasteiger partial charge is 0.251 e. The lowest BCUT2D eigenvalue weighted by Gasteiger charge is -2.32. The quantitative estimate of drug-likeness (QED) is 0.867. The summed E-state index contributed by atoms with van der Waals surface area (Å²) in [7, 11) is 0. The molecule has 0 aliphatic carbocycles. The normalized spacial score (nSPS) is 17.5. The molecule has 0 saturated carbocycles. The molecule has 1 aromatic rings. The van der Waals surface area contributed by atoms with Gasteiger partial charge in [-0.1, -0.05) is 6.42 Å². The second kappa shape index (κ2) is 6.93. The van der Waals surface area contributed by atoms with Gasteiger partial charge in [0, 0.05) is 18.2 Å². The van der Waals surface area contributed by atoms with Gasteiger partial charge in [-0.3, -0.25) is 9.69 Å². The second-order valence-corrected chi connectivity index (χ2v) is 5.41. The van der Waals surface area contributed by atoms with Crippen LogP contribution in [0, 0.1) is 17.5 Å². The van der Waals surface area contributed by atoms with Gasteiger partial charge in [0.1, 0.15) is 0 Å². The number of amides is 1. The molecule has 6 heteroatoms. The fraction of sp³-hybridized carbons (Fsp3) is 0.533. The second-order valence-electron chi connectivity index (χ2n) is 5.41. The SMILES string of the molecule is CC(CNC(=O)c1cc(F)c(F)c(F)c1)N1CCCCC1. The number of halogens is 3. The van der Waals surface area contributed by atoms with Crippen molar-refractivity contribution in [1.29, 1.82) is 0 Å². The average molecular weight is 300 g/mol. The molecule has 1 fully saturated rings. The van der Waals surface area contributed by atoms with E-state index in [9.17, 15) is 18.0 Å². The summed E-state index contributed by atoms with van der Waals surface area (Å²) in [5.74, 6) is -4.88. The first kappa shape index (κ1) is 15.8. The number of carbonyl (C=O) groups is 1. The number of rotatable bonds is 4. The van der Waals surface area contributed by atoms with Gasteiger partial charge in [0.05, 0.1) is 0 Å². The molecule has 1 aromatic carbocycles. The first-order valence-corrected chi connectivity index (χ1v) is 7.16. The molecular weight excluding hydrogens is 281 g/mol. The summed E-state index contributed by atoms with van der Waals surface area (Å²) < 4.78 is 39.0. The highest BCUT2D eigenvalue weighted by atomic mass is 19.2. The van der Waals surface area contributed by atoms with E-state index < -0.39 is 23.4 Å². The lowest BCUT2D eigenvalue weighted by molar-refractivity contribution is 0.0929. The van der Waals surface area contributed by atoms with Gasteiger partial charge in [-0.15, -0.1) is 0 Å². The summed E-state index contributed by atoms with van der Waals surface area (Å²) in [6.45, 7) is 4.38. The number of hydrogen-bond donors (Lipinski definition) is 1. The predicted octanol–water partition coefficient (Wildman–Crippen LogP) is 2.71. The zero-order chi connectivity index (χ0) is 15.4. The van der Waals surface area contributed by atoms with Crippen LogP contribution in [-0.4, -0.2) is 36.5 Å². The molecule has 0 radical (unpaired) electrons. The molecule has 3 nitrogen and oxygen atoms in total. The number of benzene rings is 1. The Morgan fingerprint density at radius 2 is 1.76 bits per heavy atom. The van der Waals surface area contributed by atoms with E-state index in [0.29, 0.717) is 18.7 Å². The van der Waals surface area contributed by atoms with E-state index in [1.807, 2.05) is 6.92 Å². The highest BCUT2D eigenvalue weighted by molar-refractivity contribution is 5.94. The minimum atomic E-state index is -1.56. The van der Waals surface area contributed by atoms with Crippen LogP contribution in [0.15, 0.2) is 12.1 Å². The summed E-state index contributed by atoms with van der Waals surface area (Å²) in [6, 6.07) is 1.57. The zero-order valence-electron chi connectivity index (χ0n) is 12.0. The number of nitrogens with zero attached hydrogens (tertiary/aromatic N) is 1. The molecule has 0 aromatic heterocycles. The molecule has 1 saturated heterocycles. The molecule has 2 rings (SSSR count). The summed E-state index contributed by atoms with van der Waals surface area (Å²) >= 11 is 0. The van der Waals surface area contributed by atoms with Crippen LogP contribution in [0.2, 0.25) is 0 Å². The molecule has 116 valence electrons. The summed E-state index contributed by atoms with van der Waals surface area (Å²) in [5.41, 5.74) is -0.211. The third-order valence-electron chi connectivity index (χ3n) is 3.82. The molecule has 21 heavy (non-hydrogen) atoms. The molecule has 1 atom stereocenters. The van der Waals surface area contributed by atoms with E-state index in [4.69, 9.17) is 0 Å². The Balaban J connectivity index is 1.92. The molecule has 1 heterocycles. The van der Waals surface area contributed by atoms with Gasteiger partial charge in [0.15, 0.2) is 17.5 Å².